The number of rotatable bonds is 5. The second-order valence-electron chi connectivity index (χ2n) is 6.91. The van der Waals surface area contributed by atoms with E-state index in [1.165, 1.54) is 12.1 Å². The predicted octanol–water partition coefficient (Wildman–Crippen LogP) is 4.93. The molecule has 0 spiro atoms. The summed E-state index contributed by atoms with van der Waals surface area (Å²) in [5.74, 6) is -0.191. The van der Waals surface area contributed by atoms with Crippen LogP contribution in [0.4, 0.5) is 21.7 Å². The number of nitrogens with one attached hydrogen (secondary N) is 2. The van der Waals surface area contributed by atoms with Gasteiger partial charge in [-0.05, 0) is 67.4 Å². The Kier molecular flexibility index (Phi) is 5.09. The fraction of sp³-hybridized carbons (Fsp3) is 0.0909. The SMILES string of the molecule is Cc1ccc(C)c(Nc2nc3ccccc3nc2NS(=O)(=O)c2ccc(F)cc2)c1. The van der Waals surface area contributed by atoms with Crippen molar-refractivity contribution in [1.82, 2.24) is 9.97 Å². The van der Waals surface area contributed by atoms with Gasteiger partial charge >= 0.3 is 0 Å². The van der Waals surface area contributed by atoms with Gasteiger partial charge in [-0.1, -0.05) is 24.3 Å². The van der Waals surface area contributed by atoms with Crippen LogP contribution < -0.4 is 10.0 Å². The molecule has 0 atom stereocenters. The van der Waals surface area contributed by atoms with Crippen molar-refractivity contribution in [2.75, 3.05) is 10.0 Å². The van der Waals surface area contributed by atoms with Gasteiger partial charge < -0.3 is 5.32 Å². The number of hydrogen-bond acceptors (Lipinski definition) is 5. The van der Waals surface area contributed by atoms with Gasteiger partial charge in [-0.15, -0.1) is 0 Å². The molecule has 0 saturated carbocycles. The van der Waals surface area contributed by atoms with E-state index in [-0.39, 0.29) is 16.5 Å². The molecule has 0 amide bonds. The molecule has 2 N–H and O–H groups in total. The third kappa shape index (κ3) is 4.08. The molecule has 3 aromatic carbocycles. The smallest absolute Gasteiger partial charge is 0.263 e. The number of anilines is 3. The van der Waals surface area contributed by atoms with E-state index >= 15 is 0 Å². The van der Waals surface area contributed by atoms with E-state index in [4.69, 9.17) is 0 Å². The van der Waals surface area contributed by atoms with Crippen LogP contribution in [0.15, 0.2) is 71.6 Å². The third-order valence-electron chi connectivity index (χ3n) is 4.57. The molecule has 0 aliphatic heterocycles. The van der Waals surface area contributed by atoms with Gasteiger partial charge in [-0.2, -0.15) is 0 Å². The molecule has 30 heavy (non-hydrogen) atoms. The largest absolute Gasteiger partial charge is 0.337 e. The van der Waals surface area contributed by atoms with Gasteiger partial charge in [0.2, 0.25) is 0 Å². The second-order valence-corrected chi connectivity index (χ2v) is 8.59. The Morgan fingerprint density at radius 1 is 0.833 bits per heavy atom. The number of aryl methyl sites for hydroxylation is 2. The maximum absolute atomic E-state index is 13.2. The predicted molar refractivity (Wildman–Crippen MR) is 116 cm³/mol. The van der Waals surface area contributed by atoms with Crippen molar-refractivity contribution in [3.05, 3.63) is 83.7 Å². The van der Waals surface area contributed by atoms with Gasteiger partial charge in [0.05, 0.1) is 15.9 Å². The maximum atomic E-state index is 13.2. The zero-order valence-corrected chi connectivity index (χ0v) is 17.2. The Balaban J connectivity index is 1.80. The van der Waals surface area contributed by atoms with Crippen LogP contribution in [0.2, 0.25) is 0 Å². The van der Waals surface area contributed by atoms with E-state index in [0.717, 1.165) is 28.9 Å². The highest BCUT2D eigenvalue weighted by Crippen LogP contribution is 2.28. The Bertz CT molecular complexity index is 1340. The molecule has 1 aromatic heterocycles. The molecule has 4 rings (SSSR count). The van der Waals surface area contributed by atoms with Crippen molar-refractivity contribution >= 4 is 38.4 Å². The van der Waals surface area contributed by atoms with Crippen LogP contribution in [-0.2, 0) is 10.0 Å². The molecule has 0 aliphatic rings. The van der Waals surface area contributed by atoms with Crippen molar-refractivity contribution in [2.24, 2.45) is 0 Å². The van der Waals surface area contributed by atoms with Crippen LogP contribution in [0.3, 0.4) is 0 Å². The third-order valence-corrected chi connectivity index (χ3v) is 5.93. The first-order valence-electron chi connectivity index (χ1n) is 9.21. The first kappa shape index (κ1) is 19.8. The van der Waals surface area contributed by atoms with E-state index < -0.39 is 15.8 Å². The van der Waals surface area contributed by atoms with Gasteiger partial charge in [-0.3, -0.25) is 4.72 Å². The maximum Gasteiger partial charge on any atom is 0.263 e. The summed E-state index contributed by atoms with van der Waals surface area (Å²) >= 11 is 0. The van der Waals surface area contributed by atoms with Crippen molar-refractivity contribution in [3.63, 3.8) is 0 Å². The number of nitrogens with zero attached hydrogens (tertiary/aromatic N) is 2. The summed E-state index contributed by atoms with van der Waals surface area (Å²) in [7, 11) is -3.99. The monoisotopic (exact) mass is 422 g/mol. The van der Waals surface area contributed by atoms with Crippen LogP contribution in [0.25, 0.3) is 11.0 Å². The lowest BCUT2D eigenvalue weighted by Crippen LogP contribution is -2.16. The zero-order valence-electron chi connectivity index (χ0n) is 16.3. The topological polar surface area (TPSA) is 84.0 Å². The Morgan fingerprint density at radius 3 is 2.13 bits per heavy atom. The van der Waals surface area contributed by atoms with E-state index in [0.29, 0.717) is 11.0 Å². The zero-order chi connectivity index (χ0) is 21.3. The molecule has 0 saturated heterocycles. The Hall–Kier alpha value is -3.52. The number of halogens is 1. The highest BCUT2D eigenvalue weighted by atomic mass is 32.2. The van der Waals surface area contributed by atoms with Crippen molar-refractivity contribution in [2.45, 2.75) is 18.7 Å². The first-order chi connectivity index (χ1) is 14.3. The minimum absolute atomic E-state index is 0.0546. The van der Waals surface area contributed by atoms with Crippen molar-refractivity contribution in [3.8, 4) is 0 Å². The fourth-order valence-electron chi connectivity index (χ4n) is 2.96. The van der Waals surface area contributed by atoms with Gasteiger partial charge in [0.25, 0.3) is 10.0 Å². The van der Waals surface area contributed by atoms with Crippen LogP contribution in [0, 0.1) is 19.7 Å². The summed E-state index contributed by atoms with van der Waals surface area (Å²) in [6, 6.07) is 17.7. The molecule has 8 heteroatoms. The Labute approximate surface area is 173 Å². The Morgan fingerprint density at radius 2 is 1.47 bits per heavy atom. The van der Waals surface area contributed by atoms with Crippen LogP contribution in [-0.4, -0.2) is 18.4 Å². The number of para-hydroxylation sites is 2. The number of aromatic nitrogens is 2. The van der Waals surface area contributed by atoms with E-state index in [2.05, 4.69) is 20.0 Å². The lowest BCUT2D eigenvalue weighted by atomic mass is 10.1. The average molecular weight is 422 g/mol. The summed E-state index contributed by atoms with van der Waals surface area (Å²) in [4.78, 5) is 8.96. The molecule has 0 unspecified atom stereocenters. The molecule has 6 nitrogen and oxygen atoms in total. The summed E-state index contributed by atoms with van der Waals surface area (Å²) < 4.78 is 41.4. The molecule has 0 bridgehead atoms. The number of fused-ring (bicyclic) bond motifs is 1. The number of benzene rings is 3. The van der Waals surface area contributed by atoms with Gasteiger partial charge in [-0.25, -0.2) is 22.8 Å². The van der Waals surface area contributed by atoms with Crippen LogP contribution in [0.5, 0.6) is 0 Å². The van der Waals surface area contributed by atoms with Gasteiger partial charge in [0, 0.05) is 5.69 Å². The average Bonchev–Trinajstić information content (AvgIpc) is 2.71. The molecule has 0 aliphatic carbocycles. The highest BCUT2D eigenvalue weighted by Gasteiger charge is 2.19. The first-order valence-corrected chi connectivity index (χ1v) is 10.7. The highest BCUT2D eigenvalue weighted by molar-refractivity contribution is 7.92. The minimum atomic E-state index is -3.99. The molecule has 0 fully saturated rings. The summed E-state index contributed by atoms with van der Waals surface area (Å²) in [5, 5.41) is 3.20. The quantitative estimate of drug-likeness (QED) is 0.476. The molecule has 152 valence electrons. The lowest BCUT2D eigenvalue weighted by molar-refractivity contribution is 0.599. The van der Waals surface area contributed by atoms with Crippen molar-refractivity contribution in [1.29, 1.82) is 0 Å². The summed E-state index contributed by atoms with van der Waals surface area (Å²) in [6.07, 6.45) is 0. The number of hydrogen-bond donors (Lipinski definition) is 2. The molecular formula is C22H19FN4O2S. The molecule has 4 aromatic rings. The summed E-state index contributed by atoms with van der Waals surface area (Å²) in [5.41, 5.74) is 3.98. The number of sulfonamides is 1. The van der Waals surface area contributed by atoms with Gasteiger partial charge in [0.15, 0.2) is 11.6 Å². The minimum Gasteiger partial charge on any atom is -0.337 e. The van der Waals surface area contributed by atoms with Crippen molar-refractivity contribution < 1.29 is 12.8 Å². The van der Waals surface area contributed by atoms with E-state index in [1.807, 2.05) is 38.1 Å². The van der Waals surface area contributed by atoms with E-state index in [9.17, 15) is 12.8 Å². The normalized spacial score (nSPS) is 11.4. The lowest BCUT2D eigenvalue weighted by Gasteiger charge is -2.15. The molecular weight excluding hydrogens is 403 g/mol. The molecule has 1 heterocycles. The standard InChI is InChI=1S/C22H19FN4O2S/c1-14-7-8-15(2)20(13-14)26-21-22(25-19-6-4-3-5-18(19)24-21)27-30(28,29)17-11-9-16(23)10-12-17/h3-13H,1-2H3,(H,24,26)(H,25,27). The van der Waals surface area contributed by atoms with E-state index in [1.54, 1.807) is 18.2 Å². The van der Waals surface area contributed by atoms with Crippen LogP contribution >= 0.6 is 0 Å². The van der Waals surface area contributed by atoms with Gasteiger partial charge in [0.1, 0.15) is 5.82 Å². The second kappa shape index (κ2) is 7.72. The van der Waals surface area contributed by atoms with Crippen LogP contribution in [0.1, 0.15) is 11.1 Å². The summed E-state index contributed by atoms with van der Waals surface area (Å²) in [6.45, 7) is 3.91. The fourth-order valence-corrected chi connectivity index (χ4v) is 3.97. The molecule has 0 radical (unpaired) electrons.